The summed E-state index contributed by atoms with van der Waals surface area (Å²) in [5.41, 5.74) is 0. The molecule has 1 atom stereocenters. The highest BCUT2D eigenvalue weighted by Gasteiger charge is 2.37. The summed E-state index contributed by atoms with van der Waals surface area (Å²) in [6, 6.07) is 4.23. The number of nitrogens with zero attached hydrogens (tertiary/aromatic N) is 1. The minimum Gasteiger partial charge on any atom is -0.495 e. The number of methoxy groups -OCH3 is 1. The normalized spacial score (nSPS) is 19.6. The van der Waals surface area contributed by atoms with Crippen molar-refractivity contribution in [1.82, 2.24) is 4.31 Å². The van der Waals surface area contributed by atoms with Gasteiger partial charge in [0.05, 0.1) is 13.5 Å². The molecule has 2 rings (SSSR count). The van der Waals surface area contributed by atoms with Crippen LogP contribution in [-0.4, -0.2) is 43.5 Å². The molecule has 1 aliphatic heterocycles. The summed E-state index contributed by atoms with van der Waals surface area (Å²) in [7, 11) is -2.38. The molecule has 0 spiro atoms. The first kappa shape index (κ1) is 16.3. The van der Waals surface area contributed by atoms with Crippen LogP contribution in [0.3, 0.4) is 0 Å². The standard InChI is InChI=1S/C13H16BrNO5S/c1-20-11-5-4-9(14)7-12(11)21(18,19)15-6-2-3-10(15)8-13(16)17/h4-5,7,10H,2-3,6,8H2,1H3,(H,16,17). The van der Waals surface area contributed by atoms with E-state index in [0.29, 0.717) is 23.9 Å². The van der Waals surface area contributed by atoms with Gasteiger partial charge in [0, 0.05) is 17.1 Å². The highest BCUT2D eigenvalue weighted by atomic mass is 79.9. The average molecular weight is 378 g/mol. The van der Waals surface area contributed by atoms with Crippen molar-refractivity contribution in [2.75, 3.05) is 13.7 Å². The lowest BCUT2D eigenvalue weighted by molar-refractivity contribution is -0.137. The van der Waals surface area contributed by atoms with Crippen LogP contribution < -0.4 is 4.74 Å². The second-order valence-electron chi connectivity index (χ2n) is 4.80. The molecule has 1 aliphatic rings. The van der Waals surface area contributed by atoms with Crippen molar-refractivity contribution in [3.8, 4) is 5.75 Å². The summed E-state index contributed by atoms with van der Waals surface area (Å²) < 4.78 is 32.6. The van der Waals surface area contributed by atoms with Crippen molar-refractivity contribution >= 4 is 31.9 Å². The van der Waals surface area contributed by atoms with Crippen molar-refractivity contribution in [3.05, 3.63) is 22.7 Å². The van der Waals surface area contributed by atoms with Crippen molar-refractivity contribution in [2.45, 2.75) is 30.2 Å². The van der Waals surface area contributed by atoms with Gasteiger partial charge in [0.1, 0.15) is 10.6 Å². The summed E-state index contributed by atoms with van der Waals surface area (Å²) in [5, 5.41) is 8.92. The second-order valence-corrected chi connectivity index (χ2v) is 7.58. The van der Waals surface area contributed by atoms with E-state index in [1.807, 2.05) is 0 Å². The average Bonchev–Trinajstić information content (AvgIpc) is 2.86. The maximum Gasteiger partial charge on any atom is 0.304 e. The molecule has 1 saturated heterocycles. The lowest BCUT2D eigenvalue weighted by Crippen LogP contribution is -2.37. The van der Waals surface area contributed by atoms with Crippen LogP contribution in [0.4, 0.5) is 0 Å². The van der Waals surface area contributed by atoms with Gasteiger partial charge in [-0.05, 0) is 31.0 Å². The summed E-state index contributed by atoms with van der Waals surface area (Å²) in [6.45, 7) is 0.329. The number of rotatable bonds is 5. The Kier molecular flexibility index (Phi) is 4.90. The van der Waals surface area contributed by atoms with Crippen LogP contribution >= 0.6 is 15.9 Å². The van der Waals surface area contributed by atoms with Gasteiger partial charge in [-0.15, -0.1) is 0 Å². The highest BCUT2D eigenvalue weighted by molar-refractivity contribution is 9.10. The number of halogens is 1. The molecular formula is C13H16BrNO5S. The van der Waals surface area contributed by atoms with Gasteiger partial charge in [-0.25, -0.2) is 8.42 Å². The lowest BCUT2D eigenvalue weighted by Gasteiger charge is -2.23. The minimum atomic E-state index is -3.78. The van der Waals surface area contributed by atoms with E-state index in [0.717, 1.165) is 0 Å². The molecule has 1 aromatic carbocycles. The van der Waals surface area contributed by atoms with Gasteiger partial charge in [0.15, 0.2) is 0 Å². The van der Waals surface area contributed by atoms with E-state index in [4.69, 9.17) is 9.84 Å². The van der Waals surface area contributed by atoms with Gasteiger partial charge < -0.3 is 9.84 Å². The number of hydrogen-bond acceptors (Lipinski definition) is 4. The first-order valence-electron chi connectivity index (χ1n) is 6.43. The van der Waals surface area contributed by atoms with Gasteiger partial charge in [0.25, 0.3) is 0 Å². The molecule has 1 heterocycles. The Morgan fingerprint density at radius 1 is 1.52 bits per heavy atom. The molecule has 21 heavy (non-hydrogen) atoms. The maximum atomic E-state index is 12.8. The first-order valence-corrected chi connectivity index (χ1v) is 8.66. The van der Waals surface area contributed by atoms with Crippen molar-refractivity contribution < 1.29 is 23.1 Å². The number of ether oxygens (including phenoxy) is 1. The van der Waals surface area contributed by atoms with Crippen LogP contribution in [0.2, 0.25) is 0 Å². The molecule has 0 amide bonds. The van der Waals surface area contributed by atoms with E-state index in [-0.39, 0.29) is 17.1 Å². The molecule has 8 heteroatoms. The maximum absolute atomic E-state index is 12.8. The number of aliphatic carboxylic acids is 1. The van der Waals surface area contributed by atoms with Crippen molar-refractivity contribution in [2.24, 2.45) is 0 Å². The van der Waals surface area contributed by atoms with Crippen LogP contribution in [-0.2, 0) is 14.8 Å². The third kappa shape index (κ3) is 3.38. The number of carbonyl (C=O) groups is 1. The predicted octanol–water partition coefficient (Wildman–Crippen LogP) is 2.09. The molecule has 0 aliphatic carbocycles. The molecule has 0 aromatic heterocycles. The zero-order valence-electron chi connectivity index (χ0n) is 11.5. The fourth-order valence-electron chi connectivity index (χ4n) is 2.51. The third-order valence-corrected chi connectivity index (χ3v) is 5.91. The molecular weight excluding hydrogens is 362 g/mol. The molecule has 6 nitrogen and oxygen atoms in total. The van der Waals surface area contributed by atoms with Crippen molar-refractivity contribution in [3.63, 3.8) is 0 Å². The van der Waals surface area contributed by atoms with E-state index >= 15 is 0 Å². The van der Waals surface area contributed by atoms with Crippen LogP contribution in [0, 0.1) is 0 Å². The Hall–Kier alpha value is -1.12. The summed E-state index contributed by atoms with van der Waals surface area (Å²) in [6.07, 6.45) is 1.03. The Morgan fingerprint density at radius 2 is 2.24 bits per heavy atom. The van der Waals surface area contributed by atoms with Crippen molar-refractivity contribution in [1.29, 1.82) is 0 Å². The number of carboxylic acid groups (broad SMARTS) is 1. The Labute approximate surface area is 131 Å². The molecule has 1 fully saturated rings. The Bertz CT molecular complexity index is 646. The van der Waals surface area contributed by atoms with Crippen LogP contribution in [0.15, 0.2) is 27.6 Å². The third-order valence-electron chi connectivity index (χ3n) is 3.45. The molecule has 0 radical (unpaired) electrons. The van der Waals surface area contributed by atoms with Crippen LogP contribution in [0.1, 0.15) is 19.3 Å². The lowest BCUT2D eigenvalue weighted by atomic mass is 10.2. The Balaban J connectivity index is 2.42. The van der Waals surface area contributed by atoms with Gasteiger partial charge >= 0.3 is 5.97 Å². The topological polar surface area (TPSA) is 83.9 Å². The second kappa shape index (κ2) is 6.33. The fraction of sp³-hybridized carbons (Fsp3) is 0.462. The molecule has 0 saturated carbocycles. The fourth-order valence-corrected chi connectivity index (χ4v) is 4.90. The van der Waals surface area contributed by atoms with Crippen LogP contribution in [0.5, 0.6) is 5.75 Å². The molecule has 1 unspecified atom stereocenters. The molecule has 1 aromatic rings. The summed E-state index contributed by atoms with van der Waals surface area (Å²) >= 11 is 3.25. The van der Waals surface area contributed by atoms with Gasteiger partial charge in [-0.2, -0.15) is 4.31 Å². The highest BCUT2D eigenvalue weighted by Crippen LogP contribution is 2.34. The smallest absolute Gasteiger partial charge is 0.304 e. The van der Waals surface area contributed by atoms with E-state index in [9.17, 15) is 13.2 Å². The molecule has 0 bridgehead atoms. The van der Waals surface area contributed by atoms with Crippen LogP contribution in [0.25, 0.3) is 0 Å². The first-order chi connectivity index (χ1) is 9.86. The van der Waals surface area contributed by atoms with Gasteiger partial charge in [-0.1, -0.05) is 15.9 Å². The largest absolute Gasteiger partial charge is 0.495 e. The zero-order valence-corrected chi connectivity index (χ0v) is 13.9. The Morgan fingerprint density at radius 3 is 2.86 bits per heavy atom. The van der Waals surface area contributed by atoms with E-state index < -0.39 is 22.0 Å². The SMILES string of the molecule is COc1ccc(Br)cc1S(=O)(=O)N1CCCC1CC(=O)O. The number of carboxylic acids is 1. The quantitative estimate of drug-likeness (QED) is 0.848. The zero-order chi connectivity index (χ0) is 15.6. The summed E-state index contributed by atoms with van der Waals surface area (Å²) in [5.74, 6) is -0.748. The molecule has 1 N–H and O–H groups in total. The molecule has 116 valence electrons. The minimum absolute atomic E-state index is 0.0525. The van der Waals surface area contributed by atoms with Gasteiger partial charge in [0.2, 0.25) is 10.0 Å². The van der Waals surface area contributed by atoms with E-state index in [2.05, 4.69) is 15.9 Å². The summed E-state index contributed by atoms with van der Waals surface area (Å²) in [4.78, 5) is 10.9. The predicted molar refractivity (Wildman–Crippen MR) is 79.9 cm³/mol. The number of hydrogen-bond donors (Lipinski definition) is 1. The van der Waals surface area contributed by atoms with E-state index in [1.54, 1.807) is 12.1 Å². The number of sulfonamides is 1. The van der Waals surface area contributed by atoms with E-state index in [1.165, 1.54) is 17.5 Å². The number of benzene rings is 1. The monoisotopic (exact) mass is 377 g/mol. The van der Waals surface area contributed by atoms with Gasteiger partial charge in [-0.3, -0.25) is 4.79 Å².